The molecule has 78 valence electrons. The quantitative estimate of drug-likeness (QED) is 0.742. The Bertz CT molecular complexity index is 305. The highest BCUT2D eigenvalue weighted by atomic mass is 15.3. The van der Waals surface area contributed by atoms with Crippen molar-refractivity contribution in [1.82, 2.24) is 9.97 Å². The number of anilines is 1. The van der Waals surface area contributed by atoms with Crippen LogP contribution in [-0.2, 0) is 0 Å². The number of H-pyrrole nitrogens is 1. The van der Waals surface area contributed by atoms with Crippen molar-refractivity contribution in [3.8, 4) is 0 Å². The van der Waals surface area contributed by atoms with Crippen LogP contribution in [0, 0.1) is 12.8 Å². The molecule has 0 bridgehead atoms. The first-order chi connectivity index (χ1) is 6.68. The Labute approximate surface area is 85.5 Å². The predicted molar refractivity (Wildman–Crippen MR) is 58.5 cm³/mol. The number of aromatic amines is 1. The summed E-state index contributed by atoms with van der Waals surface area (Å²) < 4.78 is 0. The monoisotopic (exact) mass is 193 g/mol. The van der Waals surface area contributed by atoms with Gasteiger partial charge in [-0.3, -0.25) is 0 Å². The normalized spacial score (nSPS) is 28.1. The summed E-state index contributed by atoms with van der Waals surface area (Å²) >= 11 is 0. The third-order valence-electron chi connectivity index (χ3n) is 3.34. The zero-order chi connectivity index (χ0) is 10.1. The Kier molecular flexibility index (Phi) is 2.48. The summed E-state index contributed by atoms with van der Waals surface area (Å²) in [7, 11) is 0. The molecule has 1 aromatic rings. The Morgan fingerprint density at radius 2 is 2.29 bits per heavy atom. The molecule has 3 heteroatoms. The fourth-order valence-corrected chi connectivity index (χ4v) is 2.18. The average molecular weight is 193 g/mol. The minimum atomic E-state index is 0.606. The van der Waals surface area contributed by atoms with Crippen LogP contribution in [0.1, 0.15) is 32.4 Å². The second-order valence-electron chi connectivity index (χ2n) is 4.44. The molecule has 3 nitrogen and oxygen atoms in total. The van der Waals surface area contributed by atoms with Crippen LogP contribution in [0.2, 0.25) is 0 Å². The van der Waals surface area contributed by atoms with Gasteiger partial charge in [0, 0.05) is 24.5 Å². The SMILES string of the molecule is Cc1cnc(N2CCCC(C)C2C)[nH]1. The van der Waals surface area contributed by atoms with Gasteiger partial charge in [0.2, 0.25) is 5.95 Å². The zero-order valence-corrected chi connectivity index (χ0v) is 9.25. The molecule has 0 amide bonds. The molecule has 1 aliphatic heterocycles. The largest absolute Gasteiger partial charge is 0.339 e. The van der Waals surface area contributed by atoms with Crippen molar-refractivity contribution in [1.29, 1.82) is 0 Å². The summed E-state index contributed by atoms with van der Waals surface area (Å²) in [6.45, 7) is 7.81. The second kappa shape index (κ2) is 3.64. The van der Waals surface area contributed by atoms with Gasteiger partial charge < -0.3 is 9.88 Å². The van der Waals surface area contributed by atoms with Crippen molar-refractivity contribution in [2.75, 3.05) is 11.4 Å². The topological polar surface area (TPSA) is 31.9 Å². The minimum Gasteiger partial charge on any atom is -0.339 e. The van der Waals surface area contributed by atoms with Gasteiger partial charge in [-0.25, -0.2) is 4.98 Å². The number of imidazole rings is 1. The molecule has 0 radical (unpaired) electrons. The van der Waals surface area contributed by atoms with Gasteiger partial charge in [0.25, 0.3) is 0 Å². The highest BCUT2D eigenvalue weighted by molar-refractivity contribution is 5.33. The summed E-state index contributed by atoms with van der Waals surface area (Å²) in [4.78, 5) is 10.1. The Balaban J connectivity index is 2.17. The van der Waals surface area contributed by atoms with Crippen LogP contribution < -0.4 is 4.90 Å². The maximum absolute atomic E-state index is 4.39. The Hall–Kier alpha value is -0.990. The average Bonchev–Trinajstić information content (AvgIpc) is 2.57. The number of rotatable bonds is 1. The predicted octanol–water partition coefficient (Wildman–Crippen LogP) is 2.34. The summed E-state index contributed by atoms with van der Waals surface area (Å²) in [5.74, 6) is 1.82. The van der Waals surface area contributed by atoms with E-state index in [-0.39, 0.29) is 0 Å². The van der Waals surface area contributed by atoms with Gasteiger partial charge in [0.15, 0.2) is 0 Å². The van der Waals surface area contributed by atoms with E-state index in [1.165, 1.54) is 12.8 Å². The lowest BCUT2D eigenvalue weighted by Crippen LogP contribution is -2.43. The van der Waals surface area contributed by atoms with Gasteiger partial charge in [-0.2, -0.15) is 0 Å². The molecule has 2 rings (SSSR count). The minimum absolute atomic E-state index is 0.606. The molecular weight excluding hydrogens is 174 g/mol. The fraction of sp³-hybridized carbons (Fsp3) is 0.727. The molecule has 2 atom stereocenters. The summed E-state index contributed by atoms with van der Waals surface area (Å²) in [6, 6.07) is 0.606. The summed E-state index contributed by atoms with van der Waals surface area (Å²) in [6.07, 6.45) is 4.53. The Morgan fingerprint density at radius 1 is 1.50 bits per heavy atom. The van der Waals surface area contributed by atoms with Gasteiger partial charge in [0.05, 0.1) is 0 Å². The molecule has 1 aromatic heterocycles. The van der Waals surface area contributed by atoms with Gasteiger partial charge >= 0.3 is 0 Å². The van der Waals surface area contributed by atoms with Crippen molar-refractivity contribution in [2.45, 2.75) is 39.7 Å². The van der Waals surface area contributed by atoms with Crippen LogP contribution in [-0.4, -0.2) is 22.6 Å². The zero-order valence-electron chi connectivity index (χ0n) is 9.25. The smallest absolute Gasteiger partial charge is 0.203 e. The highest BCUT2D eigenvalue weighted by Crippen LogP contribution is 2.26. The van der Waals surface area contributed by atoms with Crippen LogP contribution in [0.4, 0.5) is 5.95 Å². The van der Waals surface area contributed by atoms with Crippen LogP contribution in [0.3, 0.4) is 0 Å². The van der Waals surface area contributed by atoms with Crippen LogP contribution in [0.25, 0.3) is 0 Å². The van der Waals surface area contributed by atoms with Gasteiger partial charge in [-0.05, 0) is 32.6 Å². The Morgan fingerprint density at radius 3 is 2.93 bits per heavy atom. The number of aryl methyl sites for hydroxylation is 1. The molecular formula is C11H19N3. The van der Waals surface area contributed by atoms with E-state index in [9.17, 15) is 0 Å². The van der Waals surface area contributed by atoms with Crippen molar-refractivity contribution in [3.63, 3.8) is 0 Å². The number of aromatic nitrogens is 2. The maximum Gasteiger partial charge on any atom is 0.203 e. The first kappa shape index (κ1) is 9.56. The molecule has 2 unspecified atom stereocenters. The molecule has 2 heterocycles. The van der Waals surface area contributed by atoms with Crippen LogP contribution in [0.15, 0.2) is 6.20 Å². The van der Waals surface area contributed by atoms with E-state index >= 15 is 0 Å². The molecule has 1 N–H and O–H groups in total. The van der Waals surface area contributed by atoms with E-state index in [0.29, 0.717) is 6.04 Å². The van der Waals surface area contributed by atoms with E-state index < -0.39 is 0 Å². The number of nitrogens with one attached hydrogen (secondary N) is 1. The molecule has 0 saturated carbocycles. The summed E-state index contributed by atoms with van der Waals surface area (Å²) in [5.41, 5.74) is 1.14. The molecule has 14 heavy (non-hydrogen) atoms. The second-order valence-corrected chi connectivity index (χ2v) is 4.44. The first-order valence-corrected chi connectivity index (χ1v) is 5.46. The molecule has 1 aliphatic rings. The molecule has 1 fully saturated rings. The van der Waals surface area contributed by atoms with Crippen molar-refractivity contribution in [3.05, 3.63) is 11.9 Å². The number of hydrogen-bond donors (Lipinski definition) is 1. The maximum atomic E-state index is 4.39. The van der Waals surface area contributed by atoms with Crippen LogP contribution in [0.5, 0.6) is 0 Å². The lowest BCUT2D eigenvalue weighted by Gasteiger charge is -2.37. The number of nitrogens with zero attached hydrogens (tertiary/aromatic N) is 2. The van der Waals surface area contributed by atoms with Gasteiger partial charge in [0.1, 0.15) is 0 Å². The first-order valence-electron chi connectivity index (χ1n) is 5.46. The van der Waals surface area contributed by atoms with Crippen molar-refractivity contribution < 1.29 is 0 Å². The third kappa shape index (κ3) is 1.63. The standard InChI is InChI=1S/C11H19N3/c1-8-5-4-6-14(10(8)3)11-12-7-9(2)13-11/h7-8,10H,4-6H2,1-3H3,(H,12,13). The van der Waals surface area contributed by atoms with E-state index in [1.54, 1.807) is 0 Å². The van der Waals surface area contributed by atoms with Gasteiger partial charge in [-0.15, -0.1) is 0 Å². The van der Waals surface area contributed by atoms with E-state index in [4.69, 9.17) is 0 Å². The van der Waals surface area contributed by atoms with Crippen molar-refractivity contribution >= 4 is 5.95 Å². The van der Waals surface area contributed by atoms with Crippen molar-refractivity contribution in [2.24, 2.45) is 5.92 Å². The lowest BCUT2D eigenvalue weighted by atomic mass is 9.92. The van der Waals surface area contributed by atoms with E-state index in [0.717, 1.165) is 24.1 Å². The van der Waals surface area contributed by atoms with E-state index in [1.807, 2.05) is 6.20 Å². The molecule has 0 aliphatic carbocycles. The number of hydrogen-bond acceptors (Lipinski definition) is 2. The van der Waals surface area contributed by atoms with E-state index in [2.05, 4.69) is 35.6 Å². The van der Waals surface area contributed by atoms with Gasteiger partial charge in [-0.1, -0.05) is 6.92 Å². The van der Waals surface area contributed by atoms with Crippen LogP contribution >= 0.6 is 0 Å². The molecule has 0 aromatic carbocycles. The lowest BCUT2D eigenvalue weighted by molar-refractivity contribution is 0.360. The third-order valence-corrected chi connectivity index (χ3v) is 3.34. The summed E-state index contributed by atoms with van der Waals surface area (Å²) in [5, 5.41) is 0. The highest BCUT2D eigenvalue weighted by Gasteiger charge is 2.26. The molecule has 1 saturated heterocycles. The molecule has 0 spiro atoms. The number of piperidine rings is 1. The fourth-order valence-electron chi connectivity index (χ4n) is 2.18.